The van der Waals surface area contributed by atoms with E-state index in [1.807, 2.05) is 13.0 Å². The minimum absolute atomic E-state index is 0.0192. The standard InChI is InChI=1S/C20H24O6/c1-10-14-7-13(18(23)11(2)21)9-17(25-4)20(14)26-19(10)12-5-6-15(22)16(8-12)24-3/h5-11,18-19,21-23H,1-4H3/t10-,11+,18+,19-/m0/s1. The van der Waals surface area contributed by atoms with Crippen molar-refractivity contribution in [3.63, 3.8) is 0 Å². The second-order valence-electron chi connectivity index (χ2n) is 6.59. The maximum Gasteiger partial charge on any atom is 0.165 e. The number of methoxy groups -OCH3 is 2. The van der Waals surface area contributed by atoms with E-state index >= 15 is 0 Å². The van der Waals surface area contributed by atoms with Crippen molar-refractivity contribution in [2.24, 2.45) is 0 Å². The first-order valence-electron chi connectivity index (χ1n) is 8.48. The van der Waals surface area contributed by atoms with Gasteiger partial charge in [-0.1, -0.05) is 13.0 Å². The third-order valence-electron chi connectivity index (χ3n) is 4.85. The average molecular weight is 360 g/mol. The van der Waals surface area contributed by atoms with Gasteiger partial charge in [0.05, 0.1) is 20.3 Å². The number of rotatable bonds is 5. The third-order valence-corrected chi connectivity index (χ3v) is 4.85. The van der Waals surface area contributed by atoms with Crippen LogP contribution in [0.3, 0.4) is 0 Å². The fraction of sp³-hybridized carbons (Fsp3) is 0.400. The molecular weight excluding hydrogens is 336 g/mol. The smallest absolute Gasteiger partial charge is 0.165 e. The molecule has 1 aliphatic rings. The van der Waals surface area contributed by atoms with E-state index < -0.39 is 12.2 Å². The molecule has 6 heteroatoms. The molecule has 0 fully saturated rings. The van der Waals surface area contributed by atoms with Gasteiger partial charge in [0.15, 0.2) is 23.0 Å². The predicted octanol–water partition coefficient (Wildman–Crippen LogP) is 3.06. The number of ether oxygens (including phenoxy) is 3. The number of hydrogen-bond donors (Lipinski definition) is 3. The largest absolute Gasteiger partial charge is 0.504 e. The zero-order chi connectivity index (χ0) is 19.0. The highest BCUT2D eigenvalue weighted by molar-refractivity contribution is 5.56. The fourth-order valence-electron chi connectivity index (χ4n) is 3.33. The molecule has 0 saturated heterocycles. The average Bonchev–Trinajstić information content (AvgIpc) is 2.97. The summed E-state index contributed by atoms with van der Waals surface area (Å²) in [5.74, 6) is 1.57. The highest BCUT2D eigenvalue weighted by Crippen LogP contribution is 2.51. The van der Waals surface area contributed by atoms with Gasteiger partial charge in [-0.2, -0.15) is 0 Å². The molecule has 4 atom stereocenters. The SMILES string of the molecule is COc1cc([C@H]2Oc3c(OC)cc([C@H](O)[C@@H](C)O)cc3[C@@H]2C)ccc1O. The molecule has 0 unspecified atom stereocenters. The molecule has 0 amide bonds. The molecule has 140 valence electrons. The molecule has 0 radical (unpaired) electrons. The zero-order valence-corrected chi connectivity index (χ0v) is 15.3. The summed E-state index contributed by atoms with van der Waals surface area (Å²) in [4.78, 5) is 0. The van der Waals surface area contributed by atoms with E-state index in [2.05, 4.69) is 0 Å². The maximum absolute atomic E-state index is 10.2. The van der Waals surface area contributed by atoms with Gasteiger partial charge in [0.25, 0.3) is 0 Å². The number of benzene rings is 2. The molecule has 0 saturated carbocycles. The molecule has 1 heterocycles. The number of phenolic OH excluding ortho intramolecular Hbond substituents is 1. The lowest BCUT2D eigenvalue weighted by atomic mass is 9.90. The van der Waals surface area contributed by atoms with Crippen molar-refractivity contribution in [1.29, 1.82) is 0 Å². The van der Waals surface area contributed by atoms with Crippen LogP contribution in [0.4, 0.5) is 0 Å². The predicted molar refractivity (Wildman–Crippen MR) is 96.1 cm³/mol. The Morgan fingerprint density at radius 3 is 2.35 bits per heavy atom. The van der Waals surface area contributed by atoms with Gasteiger partial charge in [-0.15, -0.1) is 0 Å². The molecule has 6 nitrogen and oxygen atoms in total. The van der Waals surface area contributed by atoms with Gasteiger partial charge in [0.1, 0.15) is 12.2 Å². The topological polar surface area (TPSA) is 88.4 Å². The van der Waals surface area contributed by atoms with Gasteiger partial charge >= 0.3 is 0 Å². The van der Waals surface area contributed by atoms with Crippen LogP contribution in [0.2, 0.25) is 0 Å². The van der Waals surface area contributed by atoms with Crippen molar-refractivity contribution in [3.8, 4) is 23.0 Å². The Morgan fingerprint density at radius 1 is 1.04 bits per heavy atom. The zero-order valence-electron chi connectivity index (χ0n) is 15.3. The summed E-state index contributed by atoms with van der Waals surface area (Å²) in [5, 5.41) is 29.7. The van der Waals surface area contributed by atoms with Crippen LogP contribution in [-0.4, -0.2) is 35.6 Å². The monoisotopic (exact) mass is 360 g/mol. The highest BCUT2D eigenvalue weighted by Gasteiger charge is 2.36. The molecule has 0 spiro atoms. The number of aliphatic hydroxyl groups excluding tert-OH is 2. The van der Waals surface area contributed by atoms with Gasteiger partial charge < -0.3 is 29.5 Å². The van der Waals surface area contributed by atoms with Crippen LogP contribution in [0.25, 0.3) is 0 Å². The van der Waals surface area contributed by atoms with Crippen molar-refractivity contribution in [3.05, 3.63) is 47.0 Å². The van der Waals surface area contributed by atoms with Crippen molar-refractivity contribution in [1.82, 2.24) is 0 Å². The van der Waals surface area contributed by atoms with Gasteiger partial charge in [0.2, 0.25) is 0 Å². The lowest BCUT2D eigenvalue weighted by Gasteiger charge is -2.17. The van der Waals surface area contributed by atoms with Crippen LogP contribution in [0.1, 0.15) is 48.7 Å². The van der Waals surface area contributed by atoms with Crippen LogP contribution >= 0.6 is 0 Å². The van der Waals surface area contributed by atoms with E-state index in [0.29, 0.717) is 22.8 Å². The Hall–Kier alpha value is -2.44. The van der Waals surface area contributed by atoms with Crippen molar-refractivity contribution >= 4 is 0 Å². The number of hydrogen-bond acceptors (Lipinski definition) is 6. The number of aromatic hydroxyl groups is 1. The van der Waals surface area contributed by atoms with Crippen LogP contribution in [-0.2, 0) is 0 Å². The molecule has 0 aliphatic carbocycles. The Balaban J connectivity index is 2.02. The van der Waals surface area contributed by atoms with Gasteiger partial charge in [-0.05, 0) is 42.3 Å². The third kappa shape index (κ3) is 3.06. The molecule has 26 heavy (non-hydrogen) atoms. The first-order valence-corrected chi connectivity index (χ1v) is 8.48. The lowest BCUT2D eigenvalue weighted by Crippen LogP contribution is -2.14. The van der Waals surface area contributed by atoms with E-state index in [1.54, 1.807) is 31.4 Å². The van der Waals surface area contributed by atoms with E-state index in [1.165, 1.54) is 14.0 Å². The van der Waals surface area contributed by atoms with Gasteiger partial charge in [-0.25, -0.2) is 0 Å². The summed E-state index contributed by atoms with van der Waals surface area (Å²) in [7, 11) is 3.04. The summed E-state index contributed by atoms with van der Waals surface area (Å²) in [6, 6.07) is 8.65. The van der Waals surface area contributed by atoms with Crippen LogP contribution in [0.5, 0.6) is 23.0 Å². The normalized spacial score (nSPS) is 20.8. The van der Waals surface area contributed by atoms with Gasteiger partial charge in [-0.3, -0.25) is 0 Å². The van der Waals surface area contributed by atoms with Gasteiger partial charge in [0, 0.05) is 11.5 Å². The van der Waals surface area contributed by atoms with Crippen molar-refractivity contribution in [2.75, 3.05) is 14.2 Å². The molecular formula is C20H24O6. The molecule has 3 rings (SSSR count). The summed E-state index contributed by atoms with van der Waals surface area (Å²) >= 11 is 0. The maximum atomic E-state index is 10.2. The van der Waals surface area contributed by atoms with E-state index in [-0.39, 0.29) is 17.8 Å². The van der Waals surface area contributed by atoms with Crippen LogP contribution < -0.4 is 14.2 Å². The van der Waals surface area contributed by atoms with Crippen LogP contribution in [0, 0.1) is 0 Å². The molecule has 3 N–H and O–H groups in total. The molecule has 1 aliphatic heterocycles. The van der Waals surface area contributed by atoms with E-state index in [4.69, 9.17) is 14.2 Å². The molecule has 2 aromatic rings. The first kappa shape index (κ1) is 18.4. The first-order chi connectivity index (χ1) is 12.4. The minimum Gasteiger partial charge on any atom is -0.504 e. The Kier molecular flexibility index (Phi) is 4.98. The fourth-order valence-corrected chi connectivity index (χ4v) is 3.33. The summed E-state index contributed by atoms with van der Waals surface area (Å²) < 4.78 is 16.8. The lowest BCUT2D eigenvalue weighted by molar-refractivity contribution is 0.0304. The number of aliphatic hydroxyl groups is 2. The minimum atomic E-state index is -1.01. The second-order valence-corrected chi connectivity index (χ2v) is 6.59. The summed E-state index contributed by atoms with van der Waals surface area (Å²) in [6.45, 7) is 3.56. The van der Waals surface area contributed by atoms with Crippen LogP contribution in [0.15, 0.2) is 30.3 Å². The number of phenols is 1. The number of fused-ring (bicyclic) bond motifs is 1. The van der Waals surface area contributed by atoms with E-state index in [0.717, 1.165) is 11.1 Å². The molecule has 2 aromatic carbocycles. The van der Waals surface area contributed by atoms with Crippen molar-refractivity contribution < 1.29 is 29.5 Å². The second kappa shape index (κ2) is 7.05. The molecule has 0 aromatic heterocycles. The summed E-state index contributed by atoms with van der Waals surface area (Å²) in [6.07, 6.45) is -2.19. The highest BCUT2D eigenvalue weighted by atomic mass is 16.5. The summed E-state index contributed by atoms with van der Waals surface area (Å²) in [5.41, 5.74) is 2.34. The molecule has 0 bridgehead atoms. The Bertz CT molecular complexity index is 801. The Labute approximate surface area is 152 Å². The van der Waals surface area contributed by atoms with E-state index in [9.17, 15) is 15.3 Å². The Morgan fingerprint density at radius 2 is 1.73 bits per heavy atom. The quantitative estimate of drug-likeness (QED) is 0.759. The van der Waals surface area contributed by atoms with Crippen molar-refractivity contribution in [2.45, 2.75) is 38.1 Å².